The van der Waals surface area contributed by atoms with Gasteiger partial charge >= 0.3 is 0 Å². The number of aryl methyl sites for hydroxylation is 1. The summed E-state index contributed by atoms with van der Waals surface area (Å²) in [6, 6.07) is 11.4. The SMILES string of the molecule is COc1cc2c(cc1OC)[C@@H](NC(=O)c1ccc(Cn3cnnn3)cc1)CC2. The standard InChI is InChI=1S/C20H21N5O3/c1-27-18-9-15-7-8-17(16(15)10-19(18)28-2)22-20(26)14-5-3-13(4-6-14)11-25-12-21-23-24-25/h3-6,9-10,12,17H,7-8,11H2,1-2H3,(H,22,26)/t17-/m0/s1. The highest BCUT2D eigenvalue weighted by atomic mass is 16.5. The van der Waals surface area contributed by atoms with Gasteiger partial charge in [-0.2, -0.15) is 0 Å². The van der Waals surface area contributed by atoms with Crippen LogP contribution in [0.25, 0.3) is 0 Å². The van der Waals surface area contributed by atoms with Gasteiger partial charge in [0.05, 0.1) is 26.8 Å². The molecule has 1 heterocycles. The molecule has 1 amide bonds. The van der Waals surface area contributed by atoms with Crippen molar-refractivity contribution in [2.75, 3.05) is 14.2 Å². The van der Waals surface area contributed by atoms with E-state index in [9.17, 15) is 4.79 Å². The normalized spacial score (nSPS) is 15.1. The summed E-state index contributed by atoms with van der Waals surface area (Å²) in [4.78, 5) is 12.7. The zero-order chi connectivity index (χ0) is 19.5. The predicted octanol–water partition coefficient (Wildman–Crippen LogP) is 2.16. The summed E-state index contributed by atoms with van der Waals surface area (Å²) < 4.78 is 12.4. The van der Waals surface area contributed by atoms with Crippen LogP contribution < -0.4 is 14.8 Å². The molecule has 1 aromatic heterocycles. The van der Waals surface area contributed by atoms with Gasteiger partial charge in [-0.3, -0.25) is 4.79 Å². The van der Waals surface area contributed by atoms with Gasteiger partial charge in [0.25, 0.3) is 5.91 Å². The number of nitrogens with one attached hydrogen (secondary N) is 1. The summed E-state index contributed by atoms with van der Waals surface area (Å²) in [5.41, 5.74) is 3.90. The second-order valence-corrected chi connectivity index (χ2v) is 6.68. The summed E-state index contributed by atoms with van der Waals surface area (Å²) in [7, 11) is 3.24. The van der Waals surface area contributed by atoms with Gasteiger partial charge < -0.3 is 14.8 Å². The van der Waals surface area contributed by atoms with Gasteiger partial charge in [0.15, 0.2) is 11.5 Å². The molecule has 0 radical (unpaired) electrons. The topological polar surface area (TPSA) is 91.2 Å². The van der Waals surface area contributed by atoms with Crippen molar-refractivity contribution in [1.29, 1.82) is 0 Å². The molecule has 1 aliphatic rings. The highest BCUT2D eigenvalue weighted by Crippen LogP contribution is 2.39. The summed E-state index contributed by atoms with van der Waals surface area (Å²) in [5.74, 6) is 1.29. The zero-order valence-corrected chi connectivity index (χ0v) is 15.8. The lowest BCUT2D eigenvalue weighted by Gasteiger charge is -2.16. The highest BCUT2D eigenvalue weighted by molar-refractivity contribution is 5.94. The Morgan fingerprint density at radius 1 is 1.18 bits per heavy atom. The Labute approximate surface area is 162 Å². The maximum atomic E-state index is 12.7. The van der Waals surface area contributed by atoms with Gasteiger partial charge in [0, 0.05) is 5.56 Å². The molecule has 1 aliphatic carbocycles. The number of carbonyl (C=O) groups excluding carboxylic acids is 1. The molecule has 8 heteroatoms. The fourth-order valence-corrected chi connectivity index (χ4v) is 3.53. The summed E-state index contributed by atoms with van der Waals surface area (Å²) in [6.45, 7) is 0.562. The smallest absolute Gasteiger partial charge is 0.251 e. The van der Waals surface area contributed by atoms with Crippen molar-refractivity contribution in [2.45, 2.75) is 25.4 Å². The van der Waals surface area contributed by atoms with Gasteiger partial charge in [-0.15, -0.1) is 5.10 Å². The van der Waals surface area contributed by atoms with Crippen molar-refractivity contribution < 1.29 is 14.3 Å². The third-order valence-electron chi connectivity index (χ3n) is 4.98. The Bertz CT molecular complexity index is 970. The van der Waals surface area contributed by atoms with E-state index in [4.69, 9.17) is 9.47 Å². The van der Waals surface area contributed by atoms with E-state index in [0.29, 0.717) is 23.6 Å². The molecule has 8 nitrogen and oxygen atoms in total. The van der Waals surface area contributed by atoms with Crippen LogP contribution in [0.5, 0.6) is 11.5 Å². The number of hydrogen-bond acceptors (Lipinski definition) is 6. The molecule has 0 saturated carbocycles. The van der Waals surface area contributed by atoms with Crippen molar-refractivity contribution in [3.63, 3.8) is 0 Å². The van der Waals surface area contributed by atoms with E-state index < -0.39 is 0 Å². The minimum atomic E-state index is -0.0957. The van der Waals surface area contributed by atoms with Gasteiger partial charge in [-0.05, 0) is 64.2 Å². The van der Waals surface area contributed by atoms with Crippen LogP contribution in [0, 0.1) is 0 Å². The molecule has 0 aliphatic heterocycles. The number of nitrogens with zero attached hydrogens (tertiary/aromatic N) is 4. The van der Waals surface area contributed by atoms with Gasteiger partial charge in [-0.1, -0.05) is 12.1 Å². The number of ether oxygens (including phenoxy) is 2. The minimum Gasteiger partial charge on any atom is -0.493 e. The lowest BCUT2D eigenvalue weighted by molar-refractivity contribution is 0.0936. The molecule has 1 atom stereocenters. The molecule has 2 aromatic carbocycles. The Hall–Kier alpha value is -3.42. The van der Waals surface area contributed by atoms with E-state index in [1.54, 1.807) is 25.2 Å². The van der Waals surface area contributed by atoms with E-state index in [1.165, 1.54) is 5.56 Å². The van der Waals surface area contributed by atoms with E-state index in [-0.39, 0.29) is 11.9 Å². The number of aromatic nitrogens is 4. The Kier molecular flexibility index (Phi) is 4.92. The van der Waals surface area contributed by atoms with Crippen LogP contribution in [0.3, 0.4) is 0 Å². The average molecular weight is 379 g/mol. The quantitative estimate of drug-likeness (QED) is 0.706. The number of rotatable bonds is 6. The molecule has 1 N–H and O–H groups in total. The fourth-order valence-electron chi connectivity index (χ4n) is 3.53. The first-order valence-electron chi connectivity index (χ1n) is 9.03. The van der Waals surface area contributed by atoms with E-state index >= 15 is 0 Å². The molecule has 0 spiro atoms. The van der Waals surface area contributed by atoms with E-state index in [0.717, 1.165) is 24.0 Å². The second kappa shape index (κ2) is 7.67. The van der Waals surface area contributed by atoms with Crippen molar-refractivity contribution in [2.24, 2.45) is 0 Å². The fraction of sp³-hybridized carbons (Fsp3) is 0.300. The largest absolute Gasteiger partial charge is 0.493 e. The summed E-state index contributed by atoms with van der Waals surface area (Å²) >= 11 is 0. The first-order valence-corrected chi connectivity index (χ1v) is 9.03. The van der Waals surface area contributed by atoms with E-state index in [2.05, 4.69) is 20.8 Å². The number of hydrogen-bond donors (Lipinski definition) is 1. The van der Waals surface area contributed by atoms with Crippen LogP contribution in [0.4, 0.5) is 0 Å². The van der Waals surface area contributed by atoms with Crippen LogP contribution in [-0.4, -0.2) is 40.3 Å². The van der Waals surface area contributed by atoms with Crippen LogP contribution in [0.15, 0.2) is 42.7 Å². The lowest BCUT2D eigenvalue weighted by Crippen LogP contribution is -2.27. The average Bonchev–Trinajstić information content (AvgIpc) is 3.37. The Balaban J connectivity index is 1.46. The third-order valence-corrected chi connectivity index (χ3v) is 4.98. The van der Waals surface area contributed by atoms with Crippen molar-refractivity contribution in [3.8, 4) is 11.5 Å². The van der Waals surface area contributed by atoms with Crippen LogP contribution in [-0.2, 0) is 13.0 Å². The number of carbonyl (C=O) groups is 1. The molecular weight excluding hydrogens is 358 g/mol. The van der Waals surface area contributed by atoms with Crippen LogP contribution in [0.1, 0.15) is 39.5 Å². The predicted molar refractivity (Wildman–Crippen MR) is 101 cm³/mol. The molecule has 0 bridgehead atoms. The van der Waals surface area contributed by atoms with Crippen LogP contribution in [0.2, 0.25) is 0 Å². The molecule has 144 valence electrons. The monoisotopic (exact) mass is 379 g/mol. The molecular formula is C20H21N5O3. The maximum absolute atomic E-state index is 12.7. The molecule has 4 rings (SSSR count). The van der Waals surface area contributed by atoms with Crippen molar-refractivity contribution in [3.05, 3.63) is 65.0 Å². The highest BCUT2D eigenvalue weighted by Gasteiger charge is 2.26. The number of methoxy groups -OCH3 is 2. The lowest BCUT2D eigenvalue weighted by atomic mass is 10.1. The zero-order valence-electron chi connectivity index (χ0n) is 15.8. The minimum absolute atomic E-state index is 0.0387. The molecule has 3 aromatic rings. The van der Waals surface area contributed by atoms with Crippen LogP contribution >= 0.6 is 0 Å². The van der Waals surface area contributed by atoms with E-state index in [1.807, 2.05) is 36.4 Å². The van der Waals surface area contributed by atoms with Gasteiger partial charge in [0.1, 0.15) is 6.33 Å². The summed E-state index contributed by atoms with van der Waals surface area (Å²) in [6.07, 6.45) is 3.31. The Morgan fingerprint density at radius 2 is 1.93 bits per heavy atom. The van der Waals surface area contributed by atoms with Crippen molar-refractivity contribution in [1.82, 2.24) is 25.5 Å². The summed E-state index contributed by atoms with van der Waals surface area (Å²) in [5, 5.41) is 14.2. The Morgan fingerprint density at radius 3 is 2.61 bits per heavy atom. The van der Waals surface area contributed by atoms with Crippen molar-refractivity contribution >= 4 is 5.91 Å². The number of benzene rings is 2. The third kappa shape index (κ3) is 3.53. The molecule has 28 heavy (non-hydrogen) atoms. The first kappa shape index (κ1) is 18.0. The van der Waals surface area contributed by atoms with Gasteiger partial charge in [0.2, 0.25) is 0 Å². The number of amides is 1. The second-order valence-electron chi connectivity index (χ2n) is 6.68. The molecule has 0 unspecified atom stereocenters. The first-order chi connectivity index (χ1) is 13.7. The number of tetrazole rings is 1. The van der Waals surface area contributed by atoms with Gasteiger partial charge in [-0.25, -0.2) is 4.68 Å². The molecule has 0 saturated heterocycles. The number of fused-ring (bicyclic) bond motifs is 1. The molecule has 0 fully saturated rings. The maximum Gasteiger partial charge on any atom is 0.251 e.